The lowest BCUT2D eigenvalue weighted by Gasteiger charge is -2.31. The van der Waals surface area contributed by atoms with Crippen molar-refractivity contribution in [3.63, 3.8) is 0 Å². The number of aryl methyl sites for hydroxylation is 1. The molecule has 0 atom stereocenters. The van der Waals surface area contributed by atoms with Gasteiger partial charge in [0.15, 0.2) is 5.13 Å². The number of aromatic nitrogens is 4. The molecule has 0 aromatic carbocycles. The molecule has 3 aromatic rings. The quantitative estimate of drug-likeness (QED) is 0.587. The van der Waals surface area contributed by atoms with E-state index in [0.717, 1.165) is 61.2 Å². The maximum atomic E-state index is 5.08. The smallest absolute Gasteiger partial charge is 0.188 e. The normalized spacial score (nSPS) is 15.4. The Kier molecular flexibility index (Phi) is 6.99. The van der Waals surface area contributed by atoms with E-state index in [1.165, 1.54) is 10.6 Å². The van der Waals surface area contributed by atoms with Crippen LogP contribution in [0.2, 0.25) is 0 Å². The highest BCUT2D eigenvalue weighted by atomic mass is 32.1. The predicted molar refractivity (Wildman–Crippen MR) is 119 cm³/mol. The Hall–Kier alpha value is -2.42. The zero-order valence-corrected chi connectivity index (χ0v) is 18.4. The molecule has 1 aliphatic rings. The molecule has 4 rings (SSSR count). The Morgan fingerprint density at radius 3 is 2.63 bits per heavy atom. The summed E-state index contributed by atoms with van der Waals surface area (Å²) in [5, 5.41) is 4.22. The van der Waals surface area contributed by atoms with Gasteiger partial charge in [0.05, 0.1) is 6.61 Å². The van der Waals surface area contributed by atoms with Gasteiger partial charge in [-0.25, -0.2) is 19.9 Å². The van der Waals surface area contributed by atoms with Gasteiger partial charge < -0.3 is 10.1 Å². The molecule has 0 aliphatic carbocycles. The predicted octanol–water partition coefficient (Wildman–Crippen LogP) is 3.95. The molecular weight excluding hydrogens is 396 g/mol. The number of likely N-dealkylation sites (tertiary alicyclic amines) is 1. The van der Waals surface area contributed by atoms with Crippen LogP contribution in [0, 0.1) is 6.92 Å². The van der Waals surface area contributed by atoms with Crippen LogP contribution in [0.5, 0.6) is 0 Å². The Balaban J connectivity index is 1.29. The van der Waals surface area contributed by atoms with E-state index in [9.17, 15) is 0 Å². The van der Waals surface area contributed by atoms with Gasteiger partial charge in [-0.1, -0.05) is 6.07 Å². The standard InChI is InChI=1S/C22H28N6OS/c1-16-12-25-22(30-16)27-21-5-3-4-19(26-21)18-6-9-28(10-7-18)15-17-13-23-20(24-14-17)8-11-29-2/h3-5,12-14,18H,6-11,15H2,1-2H3,(H,25,26,27). The van der Waals surface area contributed by atoms with Gasteiger partial charge in [0.25, 0.3) is 0 Å². The van der Waals surface area contributed by atoms with E-state index in [-0.39, 0.29) is 0 Å². The molecule has 158 valence electrons. The van der Waals surface area contributed by atoms with Crippen molar-refractivity contribution in [2.75, 3.05) is 32.1 Å². The number of hydrogen-bond donors (Lipinski definition) is 1. The molecule has 4 heterocycles. The highest BCUT2D eigenvalue weighted by Crippen LogP contribution is 2.29. The third-order valence-electron chi connectivity index (χ3n) is 5.33. The maximum absolute atomic E-state index is 5.08. The van der Waals surface area contributed by atoms with E-state index in [0.29, 0.717) is 12.5 Å². The number of pyridine rings is 1. The van der Waals surface area contributed by atoms with Crippen molar-refractivity contribution in [3.05, 3.63) is 58.7 Å². The summed E-state index contributed by atoms with van der Waals surface area (Å²) in [6, 6.07) is 6.23. The first-order chi connectivity index (χ1) is 14.7. The van der Waals surface area contributed by atoms with Crippen LogP contribution in [0.3, 0.4) is 0 Å². The molecule has 1 N–H and O–H groups in total. The molecule has 0 amide bonds. The minimum Gasteiger partial charge on any atom is -0.384 e. The number of rotatable bonds is 8. The molecule has 3 aromatic heterocycles. The average Bonchev–Trinajstić information content (AvgIpc) is 3.18. The van der Waals surface area contributed by atoms with Crippen LogP contribution in [0.4, 0.5) is 10.9 Å². The zero-order valence-electron chi connectivity index (χ0n) is 17.5. The fourth-order valence-corrected chi connectivity index (χ4v) is 4.37. The van der Waals surface area contributed by atoms with Gasteiger partial charge in [-0.05, 0) is 45.0 Å². The van der Waals surface area contributed by atoms with Crippen molar-refractivity contribution in [1.82, 2.24) is 24.8 Å². The summed E-state index contributed by atoms with van der Waals surface area (Å²) in [6.45, 7) is 5.72. The number of hydrogen-bond acceptors (Lipinski definition) is 8. The number of ether oxygens (including phenoxy) is 1. The highest BCUT2D eigenvalue weighted by molar-refractivity contribution is 7.15. The van der Waals surface area contributed by atoms with E-state index < -0.39 is 0 Å². The monoisotopic (exact) mass is 424 g/mol. The lowest BCUT2D eigenvalue weighted by molar-refractivity contribution is 0.199. The van der Waals surface area contributed by atoms with Crippen LogP contribution in [-0.4, -0.2) is 51.6 Å². The summed E-state index contributed by atoms with van der Waals surface area (Å²) in [4.78, 5) is 21.8. The molecule has 0 spiro atoms. The summed E-state index contributed by atoms with van der Waals surface area (Å²) in [5.74, 6) is 2.20. The largest absolute Gasteiger partial charge is 0.384 e. The Labute approximate surface area is 181 Å². The average molecular weight is 425 g/mol. The molecule has 0 saturated carbocycles. The zero-order chi connectivity index (χ0) is 20.8. The number of piperidine rings is 1. The van der Waals surface area contributed by atoms with Gasteiger partial charge >= 0.3 is 0 Å². The first-order valence-electron chi connectivity index (χ1n) is 10.4. The first kappa shape index (κ1) is 20.8. The van der Waals surface area contributed by atoms with Crippen LogP contribution >= 0.6 is 11.3 Å². The van der Waals surface area contributed by atoms with Crippen LogP contribution in [-0.2, 0) is 17.7 Å². The second-order valence-electron chi connectivity index (χ2n) is 7.65. The minimum atomic E-state index is 0.494. The third kappa shape index (κ3) is 5.59. The highest BCUT2D eigenvalue weighted by Gasteiger charge is 2.22. The summed E-state index contributed by atoms with van der Waals surface area (Å²) in [6.07, 6.45) is 8.75. The molecular formula is C22H28N6OS. The van der Waals surface area contributed by atoms with Crippen molar-refractivity contribution in [1.29, 1.82) is 0 Å². The Morgan fingerprint density at radius 1 is 1.13 bits per heavy atom. The van der Waals surface area contributed by atoms with Crippen molar-refractivity contribution in [3.8, 4) is 0 Å². The molecule has 1 saturated heterocycles. The van der Waals surface area contributed by atoms with E-state index >= 15 is 0 Å². The van der Waals surface area contributed by atoms with Gasteiger partial charge in [-0.15, -0.1) is 11.3 Å². The SMILES string of the molecule is COCCc1ncc(CN2CCC(c3cccc(Nc4ncc(C)s4)n3)CC2)cn1. The molecule has 0 radical (unpaired) electrons. The molecule has 30 heavy (non-hydrogen) atoms. The fourth-order valence-electron chi connectivity index (χ4n) is 3.70. The Morgan fingerprint density at radius 2 is 1.93 bits per heavy atom. The topological polar surface area (TPSA) is 76.1 Å². The number of anilines is 2. The van der Waals surface area contributed by atoms with Crippen molar-refractivity contribution >= 4 is 22.3 Å². The second kappa shape index (κ2) is 10.1. The molecule has 7 nitrogen and oxygen atoms in total. The second-order valence-corrected chi connectivity index (χ2v) is 8.88. The van der Waals surface area contributed by atoms with Crippen LogP contribution < -0.4 is 5.32 Å². The molecule has 0 unspecified atom stereocenters. The van der Waals surface area contributed by atoms with E-state index in [1.807, 2.05) is 24.7 Å². The lowest BCUT2D eigenvalue weighted by Crippen LogP contribution is -2.32. The van der Waals surface area contributed by atoms with E-state index in [4.69, 9.17) is 9.72 Å². The van der Waals surface area contributed by atoms with Gasteiger partial charge in [0.1, 0.15) is 11.6 Å². The number of methoxy groups -OCH3 is 1. The van der Waals surface area contributed by atoms with E-state index in [2.05, 4.69) is 44.2 Å². The molecule has 0 bridgehead atoms. The minimum absolute atomic E-state index is 0.494. The van der Waals surface area contributed by atoms with Crippen molar-refractivity contribution in [2.45, 2.75) is 38.6 Å². The van der Waals surface area contributed by atoms with Crippen LogP contribution in [0.1, 0.15) is 40.7 Å². The van der Waals surface area contributed by atoms with Gasteiger partial charge in [0.2, 0.25) is 0 Å². The first-order valence-corrected chi connectivity index (χ1v) is 11.2. The number of nitrogens with zero attached hydrogens (tertiary/aromatic N) is 5. The lowest BCUT2D eigenvalue weighted by atomic mass is 9.93. The molecule has 1 fully saturated rings. The third-order valence-corrected chi connectivity index (χ3v) is 6.16. The van der Waals surface area contributed by atoms with Gasteiger partial charge in [-0.2, -0.15) is 0 Å². The summed E-state index contributed by atoms with van der Waals surface area (Å²) in [7, 11) is 1.70. The van der Waals surface area contributed by atoms with E-state index in [1.54, 1.807) is 18.4 Å². The summed E-state index contributed by atoms with van der Waals surface area (Å²) >= 11 is 1.64. The van der Waals surface area contributed by atoms with Crippen molar-refractivity contribution in [2.24, 2.45) is 0 Å². The fraction of sp³-hybridized carbons (Fsp3) is 0.455. The number of thiazole rings is 1. The van der Waals surface area contributed by atoms with Gasteiger partial charge in [0, 0.05) is 60.7 Å². The number of nitrogens with one attached hydrogen (secondary N) is 1. The molecule has 1 aliphatic heterocycles. The Bertz CT molecular complexity index is 937. The summed E-state index contributed by atoms with van der Waals surface area (Å²) in [5.41, 5.74) is 2.33. The van der Waals surface area contributed by atoms with Crippen LogP contribution in [0.25, 0.3) is 0 Å². The molecule has 8 heteroatoms. The van der Waals surface area contributed by atoms with Crippen LogP contribution in [0.15, 0.2) is 36.8 Å². The summed E-state index contributed by atoms with van der Waals surface area (Å²) < 4.78 is 5.08. The van der Waals surface area contributed by atoms with Crippen molar-refractivity contribution < 1.29 is 4.74 Å². The van der Waals surface area contributed by atoms with Gasteiger partial charge in [-0.3, -0.25) is 4.90 Å². The maximum Gasteiger partial charge on any atom is 0.188 e.